The number of rotatable bonds is 5. The number of carbonyl (C=O) groups is 1. The van der Waals surface area contributed by atoms with Gasteiger partial charge in [-0.3, -0.25) is 15.0 Å². The van der Waals surface area contributed by atoms with E-state index in [2.05, 4.69) is 27.7 Å². The second kappa shape index (κ2) is 10.4. The van der Waals surface area contributed by atoms with Crippen molar-refractivity contribution < 1.29 is 13.6 Å². The molecule has 2 aliphatic rings. The molecule has 0 saturated carbocycles. The number of carbonyl (C=O) groups excluding carboxylic acids is 1. The van der Waals surface area contributed by atoms with Crippen molar-refractivity contribution in [1.82, 2.24) is 15.5 Å². The summed E-state index contributed by atoms with van der Waals surface area (Å²) >= 11 is 0. The lowest BCUT2D eigenvalue weighted by molar-refractivity contribution is -0.123. The van der Waals surface area contributed by atoms with Crippen LogP contribution in [0.4, 0.5) is 8.78 Å². The molecule has 2 atom stereocenters. The number of piperidine rings is 1. The highest BCUT2D eigenvalue weighted by molar-refractivity contribution is 5.85. The average molecular weight is 410 g/mol. The summed E-state index contributed by atoms with van der Waals surface area (Å²) in [4.78, 5) is 14.5. The van der Waals surface area contributed by atoms with E-state index in [1.807, 2.05) is 18.2 Å². The van der Waals surface area contributed by atoms with E-state index in [4.69, 9.17) is 0 Å². The predicted octanol–water partition coefficient (Wildman–Crippen LogP) is 3.00. The fourth-order valence-corrected chi connectivity index (χ4v) is 3.56. The molecule has 0 radical (unpaired) electrons. The Morgan fingerprint density at radius 2 is 1.96 bits per heavy atom. The van der Waals surface area contributed by atoms with Gasteiger partial charge in [0.25, 0.3) is 5.92 Å². The lowest BCUT2D eigenvalue weighted by Crippen LogP contribution is -2.49. The minimum atomic E-state index is -2.77. The first-order valence-corrected chi connectivity index (χ1v) is 8.70. The van der Waals surface area contributed by atoms with Crippen molar-refractivity contribution >= 4 is 30.7 Å². The van der Waals surface area contributed by atoms with E-state index in [-0.39, 0.29) is 36.8 Å². The Hall–Kier alpha value is -0.950. The number of alkyl halides is 2. The number of nitrogens with one attached hydrogen (secondary N) is 2. The highest BCUT2D eigenvalue weighted by Crippen LogP contribution is 2.25. The Labute approximate surface area is 165 Å². The molecule has 2 aliphatic heterocycles. The Morgan fingerprint density at radius 3 is 2.62 bits per heavy atom. The van der Waals surface area contributed by atoms with Gasteiger partial charge in [0.15, 0.2) is 0 Å². The maximum Gasteiger partial charge on any atom is 0.262 e. The maximum absolute atomic E-state index is 13.2. The lowest BCUT2D eigenvalue weighted by Gasteiger charge is -2.36. The monoisotopic (exact) mass is 409 g/mol. The molecule has 2 unspecified atom stereocenters. The third kappa shape index (κ3) is 6.34. The molecule has 1 amide bonds. The normalized spacial score (nSPS) is 25.0. The van der Waals surface area contributed by atoms with Gasteiger partial charge in [-0.1, -0.05) is 36.8 Å². The van der Waals surface area contributed by atoms with Gasteiger partial charge in [-0.15, -0.1) is 24.8 Å². The van der Waals surface area contributed by atoms with Crippen LogP contribution < -0.4 is 10.6 Å². The Morgan fingerprint density at radius 1 is 1.23 bits per heavy atom. The predicted molar refractivity (Wildman–Crippen MR) is 103 cm³/mol. The van der Waals surface area contributed by atoms with E-state index in [0.29, 0.717) is 6.54 Å². The summed E-state index contributed by atoms with van der Waals surface area (Å²) in [5.74, 6) is -3.08. The van der Waals surface area contributed by atoms with Crippen LogP contribution >= 0.6 is 24.8 Å². The van der Waals surface area contributed by atoms with Gasteiger partial charge in [0.05, 0.1) is 12.6 Å². The molecule has 2 fully saturated rings. The number of benzene rings is 1. The summed E-state index contributed by atoms with van der Waals surface area (Å²) in [6, 6.07) is 9.77. The van der Waals surface area contributed by atoms with Gasteiger partial charge in [-0.25, -0.2) is 8.78 Å². The van der Waals surface area contributed by atoms with Crippen LogP contribution in [-0.4, -0.2) is 48.4 Å². The molecule has 1 aromatic rings. The van der Waals surface area contributed by atoms with Crippen molar-refractivity contribution in [3.63, 3.8) is 0 Å². The SMILES string of the molecule is Cl.Cl.O=C(NCC1CCCCN1Cc1ccccc1)C1CC(F)(F)CN1. The van der Waals surface area contributed by atoms with Crippen LogP contribution in [0, 0.1) is 0 Å². The van der Waals surface area contributed by atoms with Gasteiger partial charge in [-0.2, -0.15) is 0 Å². The van der Waals surface area contributed by atoms with Crippen LogP contribution in [0.25, 0.3) is 0 Å². The summed E-state index contributed by atoms with van der Waals surface area (Å²) in [6.07, 6.45) is 2.93. The summed E-state index contributed by atoms with van der Waals surface area (Å²) in [5.41, 5.74) is 1.26. The second-order valence-electron chi connectivity index (χ2n) is 6.84. The van der Waals surface area contributed by atoms with Crippen molar-refractivity contribution in [2.75, 3.05) is 19.6 Å². The zero-order chi connectivity index (χ0) is 17.0. The van der Waals surface area contributed by atoms with Crippen LogP contribution in [0.15, 0.2) is 30.3 Å². The smallest absolute Gasteiger partial charge is 0.262 e. The van der Waals surface area contributed by atoms with E-state index in [0.717, 1.165) is 32.4 Å². The third-order valence-electron chi connectivity index (χ3n) is 4.92. The topological polar surface area (TPSA) is 44.4 Å². The standard InChI is InChI=1S/C18H25F2N3O.2ClH/c19-18(20)10-16(22-13-18)17(24)21-11-15-8-4-5-9-23(15)12-14-6-2-1-3-7-14;;/h1-3,6-7,15-16,22H,4-5,8-13H2,(H,21,24);2*1H. The lowest BCUT2D eigenvalue weighted by atomic mass is 10.0. The highest BCUT2D eigenvalue weighted by Gasteiger charge is 2.42. The minimum absolute atomic E-state index is 0. The van der Waals surface area contributed by atoms with Crippen LogP contribution in [0.1, 0.15) is 31.2 Å². The van der Waals surface area contributed by atoms with Crippen LogP contribution in [0.2, 0.25) is 0 Å². The molecule has 0 spiro atoms. The molecule has 2 saturated heterocycles. The number of likely N-dealkylation sites (tertiary alicyclic amines) is 1. The maximum atomic E-state index is 13.2. The molecule has 0 aromatic heterocycles. The van der Waals surface area contributed by atoms with Crippen LogP contribution in [0.3, 0.4) is 0 Å². The summed E-state index contributed by atoms with van der Waals surface area (Å²) in [6.45, 7) is 1.99. The zero-order valence-corrected chi connectivity index (χ0v) is 16.3. The molecular formula is C18H27Cl2F2N3O. The quantitative estimate of drug-likeness (QED) is 0.785. The molecule has 26 heavy (non-hydrogen) atoms. The average Bonchev–Trinajstić information content (AvgIpc) is 2.95. The Balaban J connectivity index is 0.00000169. The van der Waals surface area contributed by atoms with E-state index in [9.17, 15) is 13.6 Å². The number of amides is 1. The molecule has 8 heteroatoms. The second-order valence-corrected chi connectivity index (χ2v) is 6.84. The Bertz CT molecular complexity index is 563. The van der Waals surface area contributed by atoms with Gasteiger partial charge in [0.1, 0.15) is 0 Å². The molecular weight excluding hydrogens is 383 g/mol. The largest absolute Gasteiger partial charge is 0.353 e. The first-order valence-electron chi connectivity index (χ1n) is 8.70. The van der Waals surface area contributed by atoms with Crippen molar-refractivity contribution in [1.29, 1.82) is 0 Å². The van der Waals surface area contributed by atoms with Gasteiger partial charge < -0.3 is 5.32 Å². The summed E-state index contributed by atoms with van der Waals surface area (Å²) < 4.78 is 26.4. The van der Waals surface area contributed by atoms with Gasteiger partial charge in [0, 0.05) is 25.6 Å². The van der Waals surface area contributed by atoms with E-state index in [1.165, 1.54) is 5.56 Å². The van der Waals surface area contributed by atoms with Crippen molar-refractivity contribution in [3.05, 3.63) is 35.9 Å². The van der Waals surface area contributed by atoms with E-state index >= 15 is 0 Å². The molecule has 2 heterocycles. The molecule has 1 aromatic carbocycles. The fraction of sp³-hybridized carbons (Fsp3) is 0.611. The van der Waals surface area contributed by atoms with Gasteiger partial charge in [-0.05, 0) is 24.9 Å². The molecule has 4 nitrogen and oxygen atoms in total. The molecule has 0 aliphatic carbocycles. The highest BCUT2D eigenvalue weighted by atomic mass is 35.5. The molecule has 148 valence electrons. The number of nitrogens with zero attached hydrogens (tertiary/aromatic N) is 1. The summed E-state index contributed by atoms with van der Waals surface area (Å²) in [5, 5.41) is 5.48. The van der Waals surface area contributed by atoms with Gasteiger partial charge >= 0.3 is 0 Å². The van der Waals surface area contributed by atoms with Gasteiger partial charge in [0.2, 0.25) is 5.91 Å². The first kappa shape index (κ1) is 23.1. The van der Waals surface area contributed by atoms with Crippen LogP contribution in [0.5, 0.6) is 0 Å². The van der Waals surface area contributed by atoms with Crippen molar-refractivity contribution in [2.24, 2.45) is 0 Å². The molecule has 3 rings (SSSR count). The fourth-order valence-electron chi connectivity index (χ4n) is 3.56. The summed E-state index contributed by atoms with van der Waals surface area (Å²) in [7, 11) is 0. The molecule has 0 bridgehead atoms. The third-order valence-corrected chi connectivity index (χ3v) is 4.92. The first-order chi connectivity index (χ1) is 11.5. The number of hydrogen-bond acceptors (Lipinski definition) is 3. The van der Waals surface area contributed by atoms with E-state index in [1.54, 1.807) is 0 Å². The van der Waals surface area contributed by atoms with E-state index < -0.39 is 24.9 Å². The molecule has 2 N–H and O–H groups in total. The van der Waals surface area contributed by atoms with Crippen molar-refractivity contribution in [3.8, 4) is 0 Å². The number of hydrogen-bond donors (Lipinski definition) is 2. The van der Waals surface area contributed by atoms with Crippen molar-refractivity contribution in [2.45, 2.75) is 50.2 Å². The minimum Gasteiger partial charge on any atom is -0.353 e. The zero-order valence-electron chi connectivity index (χ0n) is 14.6. The number of halogens is 4. The Kier molecular flexibility index (Phi) is 9.24. The van der Waals surface area contributed by atoms with Crippen LogP contribution in [-0.2, 0) is 11.3 Å².